The molecule has 1 heterocycles. The maximum Gasteiger partial charge on any atom is 0.252 e. The number of rotatable bonds is 4. The number of hydrogen-bond acceptors (Lipinski definition) is 3. The number of amides is 2. The Balaban J connectivity index is 2.17. The van der Waals surface area contributed by atoms with Crippen molar-refractivity contribution in [3.05, 3.63) is 28.2 Å². The first kappa shape index (κ1) is 15.0. The molecular weight excluding hydrogens is 320 g/mol. The Morgan fingerprint density at radius 3 is 2.80 bits per heavy atom. The smallest absolute Gasteiger partial charge is 0.252 e. The highest BCUT2D eigenvalue weighted by atomic mass is 79.9. The van der Waals surface area contributed by atoms with Crippen molar-refractivity contribution in [3.63, 3.8) is 0 Å². The van der Waals surface area contributed by atoms with E-state index in [1.807, 2.05) is 39.0 Å². The molecule has 20 heavy (non-hydrogen) atoms. The molecule has 1 saturated heterocycles. The van der Waals surface area contributed by atoms with E-state index in [4.69, 9.17) is 0 Å². The van der Waals surface area contributed by atoms with Gasteiger partial charge in [-0.25, -0.2) is 0 Å². The average Bonchev–Trinajstić information content (AvgIpc) is 2.69. The molecule has 2 amide bonds. The van der Waals surface area contributed by atoms with Gasteiger partial charge < -0.3 is 5.32 Å². The molecule has 0 aromatic heterocycles. The largest absolute Gasteiger partial charge is 0.372 e. The van der Waals surface area contributed by atoms with Gasteiger partial charge in [-0.05, 0) is 47.8 Å². The third kappa shape index (κ3) is 2.73. The number of likely N-dealkylation sites (tertiary alicyclic amines) is 1. The second-order valence-electron chi connectivity index (χ2n) is 5.20. The van der Waals surface area contributed by atoms with Crippen LogP contribution in [-0.4, -0.2) is 28.8 Å². The first-order chi connectivity index (χ1) is 9.45. The third-order valence-electron chi connectivity index (χ3n) is 3.74. The molecule has 1 aromatic rings. The molecule has 0 bridgehead atoms. The van der Waals surface area contributed by atoms with Crippen LogP contribution < -0.4 is 5.32 Å². The van der Waals surface area contributed by atoms with E-state index in [9.17, 15) is 9.59 Å². The van der Waals surface area contributed by atoms with E-state index < -0.39 is 6.04 Å². The van der Waals surface area contributed by atoms with Crippen molar-refractivity contribution in [2.24, 2.45) is 0 Å². The zero-order chi connectivity index (χ0) is 14.9. The quantitative estimate of drug-likeness (QED) is 0.858. The van der Waals surface area contributed by atoms with Crippen molar-refractivity contribution in [1.29, 1.82) is 0 Å². The lowest BCUT2D eigenvalue weighted by Crippen LogP contribution is -2.40. The Kier molecular flexibility index (Phi) is 4.48. The van der Waals surface area contributed by atoms with Gasteiger partial charge in [0.1, 0.15) is 6.04 Å². The molecular formula is C15H19BrN2O2. The van der Waals surface area contributed by atoms with E-state index >= 15 is 0 Å². The molecule has 1 fully saturated rings. The van der Waals surface area contributed by atoms with Crippen molar-refractivity contribution in [1.82, 2.24) is 4.90 Å². The number of nitrogens with zero attached hydrogens (tertiary/aromatic N) is 1. The molecule has 0 radical (unpaired) electrons. The summed E-state index contributed by atoms with van der Waals surface area (Å²) >= 11 is 3.51. The van der Waals surface area contributed by atoms with E-state index in [2.05, 4.69) is 21.2 Å². The molecule has 0 saturated carbocycles. The van der Waals surface area contributed by atoms with Crippen LogP contribution in [0.15, 0.2) is 22.7 Å². The molecule has 2 atom stereocenters. The van der Waals surface area contributed by atoms with Gasteiger partial charge in [0, 0.05) is 16.2 Å². The normalized spacial score (nSPS) is 20.4. The van der Waals surface area contributed by atoms with Crippen molar-refractivity contribution in [2.75, 3.05) is 5.32 Å². The van der Waals surface area contributed by atoms with Crippen molar-refractivity contribution in [2.45, 2.75) is 45.7 Å². The Morgan fingerprint density at radius 1 is 1.45 bits per heavy atom. The number of carbonyl (C=O) groups excluding carboxylic acids is 2. The van der Waals surface area contributed by atoms with Gasteiger partial charge in [-0.3, -0.25) is 14.5 Å². The second-order valence-corrected chi connectivity index (χ2v) is 5.99. The predicted octanol–water partition coefficient (Wildman–Crippen LogP) is 3.10. The third-order valence-corrected chi connectivity index (χ3v) is 4.79. The van der Waals surface area contributed by atoms with Gasteiger partial charge in [-0.15, -0.1) is 0 Å². The standard InChI is InChI=1S/C15H19BrN2O2/c1-4-10(3)18-13(19)8-12(15(18)20)17-11-7-5-6-9(2)14(11)16/h5-7,10,12,17H,4,8H2,1-3H3. The van der Waals surface area contributed by atoms with Crippen LogP contribution in [0, 0.1) is 6.92 Å². The van der Waals surface area contributed by atoms with Crippen LogP contribution in [0.1, 0.15) is 32.3 Å². The lowest BCUT2D eigenvalue weighted by molar-refractivity contribution is -0.140. The summed E-state index contributed by atoms with van der Waals surface area (Å²) in [5, 5.41) is 3.18. The van der Waals surface area contributed by atoms with Crippen LogP contribution >= 0.6 is 15.9 Å². The zero-order valence-corrected chi connectivity index (χ0v) is 13.5. The fraction of sp³-hybridized carbons (Fsp3) is 0.467. The summed E-state index contributed by atoms with van der Waals surface area (Å²) < 4.78 is 0.933. The molecule has 0 spiro atoms. The summed E-state index contributed by atoms with van der Waals surface area (Å²) in [5.41, 5.74) is 1.94. The van der Waals surface area contributed by atoms with Crippen LogP contribution in [0.2, 0.25) is 0 Å². The van der Waals surface area contributed by atoms with Crippen LogP contribution in [-0.2, 0) is 9.59 Å². The predicted molar refractivity (Wildman–Crippen MR) is 82.5 cm³/mol. The molecule has 1 aromatic carbocycles. The average molecular weight is 339 g/mol. The molecule has 5 heteroatoms. The van der Waals surface area contributed by atoms with E-state index in [1.165, 1.54) is 4.90 Å². The molecule has 0 aliphatic carbocycles. The van der Waals surface area contributed by atoms with Crippen LogP contribution in [0.25, 0.3) is 0 Å². The Labute approximate surface area is 127 Å². The second kappa shape index (κ2) is 5.95. The maximum absolute atomic E-state index is 12.3. The van der Waals surface area contributed by atoms with Gasteiger partial charge >= 0.3 is 0 Å². The summed E-state index contributed by atoms with van der Waals surface area (Å²) in [5.74, 6) is -0.219. The summed E-state index contributed by atoms with van der Waals surface area (Å²) in [7, 11) is 0. The Morgan fingerprint density at radius 2 is 2.15 bits per heavy atom. The van der Waals surface area contributed by atoms with E-state index in [0.717, 1.165) is 22.1 Å². The summed E-state index contributed by atoms with van der Waals surface area (Å²) in [6.45, 7) is 5.87. The number of aryl methyl sites for hydroxylation is 1. The summed E-state index contributed by atoms with van der Waals surface area (Å²) in [6, 6.07) is 5.32. The molecule has 108 valence electrons. The van der Waals surface area contributed by atoms with Crippen molar-refractivity contribution in [3.8, 4) is 0 Å². The first-order valence-electron chi connectivity index (χ1n) is 6.83. The zero-order valence-electron chi connectivity index (χ0n) is 11.9. The first-order valence-corrected chi connectivity index (χ1v) is 7.62. The van der Waals surface area contributed by atoms with Gasteiger partial charge in [0.2, 0.25) is 5.91 Å². The molecule has 2 unspecified atom stereocenters. The number of benzene rings is 1. The molecule has 1 N–H and O–H groups in total. The fourth-order valence-electron chi connectivity index (χ4n) is 2.36. The van der Waals surface area contributed by atoms with Crippen LogP contribution in [0.5, 0.6) is 0 Å². The minimum absolute atomic E-state index is 0.0391. The molecule has 2 rings (SSSR count). The number of carbonyl (C=O) groups is 2. The number of anilines is 1. The summed E-state index contributed by atoms with van der Waals surface area (Å²) in [6.07, 6.45) is 1.00. The Bertz CT molecular complexity index is 545. The maximum atomic E-state index is 12.3. The van der Waals surface area contributed by atoms with Crippen molar-refractivity contribution >= 4 is 33.4 Å². The Hall–Kier alpha value is -1.36. The number of halogens is 1. The fourth-order valence-corrected chi connectivity index (χ4v) is 2.73. The number of nitrogens with one attached hydrogen (secondary N) is 1. The lowest BCUT2D eigenvalue weighted by atomic mass is 10.2. The highest BCUT2D eigenvalue weighted by molar-refractivity contribution is 9.10. The van der Waals surface area contributed by atoms with Gasteiger partial charge in [0.05, 0.1) is 6.42 Å². The van der Waals surface area contributed by atoms with E-state index in [0.29, 0.717) is 0 Å². The minimum atomic E-state index is -0.463. The van der Waals surface area contributed by atoms with Crippen LogP contribution in [0.4, 0.5) is 5.69 Å². The van der Waals surface area contributed by atoms with Gasteiger partial charge in [-0.1, -0.05) is 19.1 Å². The number of hydrogen-bond donors (Lipinski definition) is 1. The van der Waals surface area contributed by atoms with E-state index in [-0.39, 0.29) is 24.3 Å². The monoisotopic (exact) mass is 338 g/mol. The van der Waals surface area contributed by atoms with Crippen LogP contribution in [0.3, 0.4) is 0 Å². The highest BCUT2D eigenvalue weighted by Gasteiger charge is 2.40. The highest BCUT2D eigenvalue weighted by Crippen LogP contribution is 2.28. The van der Waals surface area contributed by atoms with E-state index in [1.54, 1.807) is 0 Å². The van der Waals surface area contributed by atoms with Crippen molar-refractivity contribution < 1.29 is 9.59 Å². The van der Waals surface area contributed by atoms with Gasteiger partial charge in [0.25, 0.3) is 5.91 Å². The molecule has 4 nitrogen and oxygen atoms in total. The SMILES string of the molecule is CCC(C)N1C(=O)CC(Nc2cccc(C)c2Br)C1=O. The molecule has 1 aliphatic rings. The van der Waals surface area contributed by atoms with Gasteiger partial charge in [0.15, 0.2) is 0 Å². The summed E-state index contributed by atoms with van der Waals surface area (Å²) in [4.78, 5) is 25.7. The topological polar surface area (TPSA) is 49.4 Å². The lowest BCUT2D eigenvalue weighted by Gasteiger charge is -2.22. The number of imide groups is 1. The molecule has 1 aliphatic heterocycles. The van der Waals surface area contributed by atoms with Gasteiger partial charge in [-0.2, -0.15) is 0 Å². The minimum Gasteiger partial charge on any atom is -0.372 e.